The third-order valence-corrected chi connectivity index (χ3v) is 7.01. The number of nitrogens with one attached hydrogen (secondary N) is 1. The van der Waals surface area contributed by atoms with Gasteiger partial charge in [-0.2, -0.15) is 4.31 Å². The number of rotatable bonds is 8. The highest BCUT2D eigenvalue weighted by Gasteiger charge is 2.24. The van der Waals surface area contributed by atoms with Crippen LogP contribution in [-0.4, -0.2) is 64.3 Å². The molecule has 1 aromatic carbocycles. The van der Waals surface area contributed by atoms with Gasteiger partial charge in [-0.05, 0) is 31.0 Å². The van der Waals surface area contributed by atoms with Crippen molar-refractivity contribution in [1.29, 1.82) is 0 Å². The molecule has 9 nitrogen and oxygen atoms in total. The predicted octanol–water partition coefficient (Wildman–Crippen LogP) is 0.821. The smallest absolute Gasteiger partial charge is 0.339 e. The number of amides is 1. The van der Waals surface area contributed by atoms with E-state index in [9.17, 15) is 18.0 Å². The Labute approximate surface area is 175 Å². The van der Waals surface area contributed by atoms with Gasteiger partial charge in [-0.15, -0.1) is 0 Å². The Morgan fingerprint density at radius 3 is 2.70 bits per heavy atom. The fraction of sp³-hybridized carbons (Fsp3) is 0.500. The molecule has 0 aliphatic carbocycles. The maximum atomic E-state index is 12.4. The number of nitrogens with zero attached hydrogens (tertiary/aromatic N) is 1. The van der Waals surface area contributed by atoms with E-state index in [4.69, 9.17) is 13.9 Å². The van der Waals surface area contributed by atoms with Gasteiger partial charge < -0.3 is 19.2 Å². The van der Waals surface area contributed by atoms with Gasteiger partial charge in [0.25, 0.3) is 0 Å². The van der Waals surface area contributed by atoms with Crippen molar-refractivity contribution < 1.29 is 27.1 Å². The number of hydrogen-bond donors (Lipinski definition) is 1. The maximum Gasteiger partial charge on any atom is 0.339 e. The lowest BCUT2D eigenvalue weighted by Gasteiger charge is -2.26. The van der Waals surface area contributed by atoms with Crippen LogP contribution in [0.4, 0.5) is 0 Å². The van der Waals surface area contributed by atoms with E-state index in [2.05, 4.69) is 5.32 Å². The van der Waals surface area contributed by atoms with E-state index < -0.39 is 15.6 Å². The molecule has 1 aliphatic rings. The second-order valence-corrected chi connectivity index (χ2v) is 9.12. The third kappa shape index (κ3) is 5.18. The number of aryl methyl sites for hydroxylation is 1. The summed E-state index contributed by atoms with van der Waals surface area (Å²) in [6.45, 7) is 3.26. The Hall–Kier alpha value is -2.43. The fourth-order valence-electron chi connectivity index (χ4n) is 3.39. The van der Waals surface area contributed by atoms with Crippen LogP contribution in [0, 0.1) is 6.92 Å². The van der Waals surface area contributed by atoms with Crippen molar-refractivity contribution in [1.82, 2.24) is 9.62 Å². The quantitative estimate of drug-likeness (QED) is 0.607. The zero-order valence-corrected chi connectivity index (χ0v) is 17.9. The van der Waals surface area contributed by atoms with Gasteiger partial charge in [0, 0.05) is 43.1 Å². The normalized spacial score (nSPS) is 15.3. The number of hydrogen-bond acceptors (Lipinski definition) is 7. The monoisotopic (exact) mass is 438 g/mol. The summed E-state index contributed by atoms with van der Waals surface area (Å²) in [7, 11) is -1.89. The first-order chi connectivity index (χ1) is 14.3. The molecule has 0 radical (unpaired) electrons. The highest BCUT2D eigenvalue weighted by Crippen LogP contribution is 2.24. The number of ether oxygens (including phenoxy) is 2. The SMILES string of the molecule is COc1ccc2c(C)c(CCC(=O)NCCS(=O)(=O)N3CCOCC3)c(=O)oc2c1. The van der Waals surface area contributed by atoms with Crippen LogP contribution in [0.3, 0.4) is 0 Å². The van der Waals surface area contributed by atoms with E-state index in [0.717, 1.165) is 10.9 Å². The zero-order valence-electron chi connectivity index (χ0n) is 17.1. The number of fused-ring (bicyclic) bond motifs is 1. The maximum absolute atomic E-state index is 12.4. The lowest BCUT2D eigenvalue weighted by molar-refractivity contribution is -0.120. The molecule has 0 unspecified atom stereocenters. The number of sulfonamides is 1. The van der Waals surface area contributed by atoms with Gasteiger partial charge in [-0.1, -0.05) is 0 Å². The topological polar surface area (TPSA) is 115 Å². The summed E-state index contributed by atoms with van der Waals surface area (Å²) >= 11 is 0. The van der Waals surface area contributed by atoms with E-state index >= 15 is 0 Å². The zero-order chi connectivity index (χ0) is 21.7. The molecule has 3 rings (SSSR count). The van der Waals surface area contributed by atoms with Gasteiger partial charge in [0.2, 0.25) is 15.9 Å². The van der Waals surface area contributed by atoms with Crippen LogP contribution in [0.25, 0.3) is 11.0 Å². The van der Waals surface area contributed by atoms with Crippen molar-refractivity contribution in [2.45, 2.75) is 19.8 Å². The summed E-state index contributed by atoms with van der Waals surface area (Å²) in [5.41, 5.74) is 1.13. The van der Waals surface area contributed by atoms with Gasteiger partial charge in [0.15, 0.2) is 0 Å². The number of carbonyl (C=O) groups is 1. The third-order valence-electron chi connectivity index (χ3n) is 5.14. The fourth-order valence-corrected chi connectivity index (χ4v) is 4.71. The molecule has 0 atom stereocenters. The van der Waals surface area contributed by atoms with E-state index in [0.29, 0.717) is 43.2 Å². The van der Waals surface area contributed by atoms with Crippen LogP contribution in [0.5, 0.6) is 5.75 Å². The summed E-state index contributed by atoms with van der Waals surface area (Å²) in [6, 6.07) is 5.24. The predicted molar refractivity (Wildman–Crippen MR) is 111 cm³/mol. The summed E-state index contributed by atoms with van der Waals surface area (Å²) in [5.74, 6) is 0.0996. The van der Waals surface area contributed by atoms with Crippen LogP contribution in [0.1, 0.15) is 17.5 Å². The van der Waals surface area contributed by atoms with Crippen molar-refractivity contribution in [2.75, 3.05) is 45.7 Å². The summed E-state index contributed by atoms with van der Waals surface area (Å²) in [6.07, 6.45) is 0.267. The Balaban J connectivity index is 1.57. The van der Waals surface area contributed by atoms with Crippen LogP contribution >= 0.6 is 0 Å². The van der Waals surface area contributed by atoms with Crippen molar-refractivity contribution in [2.24, 2.45) is 0 Å². The lowest BCUT2D eigenvalue weighted by Crippen LogP contribution is -2.43. The molecule has 1 aromatic heterocycles. The molecule has 0 spiro atoms. The highest BCUT2D eigenvalue weighted by molar-refractivity contribution is 7.89. The van der Waals surface area contributed by atoms with Crippen molar-refractivity contribution in [3.05, 3.63) is 39.7 Å². The lowest BCUT2D eigenvalue weighted by atomic mass is 10.0. The van der Waals surface area contributed by atoms with E-state index in [1.54, 1.807) is 12.1 Å². The minimum absolute atomic E-state index is 0.0175. The summed E-state index contributed by atoms with van der Waals surface area (Å²) < 4.78 is 41.6. The Morgan fingerprint density at radius 1 is 1.27 bits per heavy atom. The van der Waals surface area contributed by atoms with Crippen molar-refractivity contribution >= 4 is 26.9 Å². The molecule has 1 N–H and O–H groups in total. The first-order valence-corrected chi connectivity index (χ1v) is 11.4. The molecule has 1 fully saturated rings. The molecule has 0 saturated carbocycles. The van der Waals surface area contributed by atoms with Gasteiger partial charge >= 0.3 is 5.63 Å². The van der Waals surface area contributed by atoms with Crippen molar-refractivity contribution in [3.8, 4) is 5.75 Å². The van der Waals surface area contributed by atoms with Gasteiger partial charge in [-0.25, -0.2) is 13.2 Å². The molecule has 0 bridgehead atoms. The van der Waals surface area contributed by atoms with E-state index in [1.165, 1.54) is 11.4 Å². The molecular formula is C20H26N2O7S. The van der Waals surface area contributed by atoms with E-state index in [-0.39, 0.29) is 31.0 Å². The second-order valence-electron chi connectivity index (χ2n) is 7.03. The largest absolute Gasteiger partial charge is 0.497 e. The Morgan fingerprint density at radius 2 is 2.00 bits per heavy atom. The number of methoxy groups -OCH3 is 1. The number of carbonyl (C=O) groups excluding carboxylic acids is 1. The number of morpholine rings is 1. The molecule has 1 aliphatic heterocycles. The minimum Gasteiger partial charge on any atom is -0.497 e. The molecule has 1 saturated heterocycles. The summed E-state index contributed by atoms with van der Waals surface area (Å²) in [4.78, 5) is 24.5. The molecule has 30 heavy (non-hydrogen) atoms. The van der Waals surface area contributed by atoms with Gasteiger partial charge in [0.05, 0.1) is 26.1 Å². The Bertz CT molecular complexity index is 1070. The average molecular weight is 439 g/mol. The minimum atomic E-state index is -3.43. The van der Waals surface area contributed by atoms with Gasteiger partial charge in [0.1, 0.15) is 11.3 Å². The molecule has 1 amide bonds. The second kappa shape index (κ2) is 9.59. The summed E-state index contributed by atoms with van der Waals surface area (Å²) in [5, 5.41) is 3.39. The van der Waals surface area contributed by atoms with Crippen LogP contribution in [0.15, 0.2) is 27.4 Å². The number of benzene rings is 1. The van der Waals surface area contributed by atoms with Crippen LogP contribution in [-0.2, 0) is 26.0 Å². The Kier molecular flexibility index (Phi) is 7.11. The van der Waals surface area contributed by atoms with Gasteiger partial charge in [-0.3, -0.25) is 4.79 Å². The van der Waals surface area contributed by atoms with E-state index in [1.807, 2.05) is 13.0 Å². The molecule has 2 heterocycles. The molecular weight excluding hydrogens is 412 g/mol. The van der Waals surface area contributed by atoms with Crippen molar-refractivity contribution in [3.63, 3.8) is 0 Å². The standard InChI is InChI=1S/C20H26N2O7S/c1-14-16-4-3-15(27-2)13-18(16)29-20(24)17(14)5-6-19(23)21-7-12-30(25,26)22-8-10-28-11-9-22/h3-4,13H,5-12H2,1-2H3,(H,21,23). The van der Waals surface area contributed by atoms with Crippen LogP contribution in [0.2, 0.25) is 0 Å². The first kappa shape index (κ1) is 22.3. The average Bonchev–Trinajstić information content (AvgIpc) is 2.73. The molecule has 164 valence electrons. The molecule has 10 heteroatoms. The first-order valence-electron chi connectivity index (χ1n) is 9.74. The highest BCUT2D eigenvalue weighted by atomic mass is 32.2. The molecule has 2 aromatic rings. The van der Waals surface area contributed by atoms with Crippen LogP contribution < -0.4 is 15.7 Å².